The Labute approximate surface area is 81.8 Å². The van der Waals surface area contributed by atoms with Gasteiger partial charge >= 0.3 is 5.97 Å². The van der Waals surface area contributed by atoms with Crippen molar-refractivity contribution in [1.29, 1.82) is 0 Å². The molecule has 0 saturated heterocycles. The molecule has 8 heavy (non-hydrogen) atoms. The summed E-state index contributed by atoms with van der Waals surface area (Å²) >= 11 is 0. The van der Waals surface area contributed by atoms with E-state index in [1.54, 1.807) is 0 Å². The Morgan fingerprint density at radius 1 is 1.75 bits per heavy atom. The standard InChI is InChI=1S/C4H8O3.Ce/c1-3(7-2)4(5)6;/h3H,1-2H3,(H,5,6);. The van der Waals surface area contributed by atoms with Crippen LogP contribution in [0.1, 0.15) is 6.92 Å². The first kappa shape index (κ1) is 11.6. The van der Waals surface area contributed by atoms with Crippen molar-refractivity contribution in [2.24, 2.45) is 0 Å². The summed E-state index contributed by atoms with van der Waals surface area (Å²) in [5.74, 6) is -0.928. The molecule has 0 radical (unpaired) electrons. The van der Waals surface area contributed by atoms with Crippen molar-refractivity contribution in [1.82, 2.24) is 0 Å². The van der Waals surface area contributed by atoms with Crippen molar-refractivity contribution in [3.8, 4) is 0 Å². The third kappa shape index (κ3) is 4.95. The molecule has 0 aromatic heterocycles. The summed E-state index contributed by atoms with van der Waals surface area (Å²) in [5.41, 5.74) is 0. The zero-order chi connectivity index (χ0) is 5.86. The van der Waals surface area contributed by atoms with Gasteiger partial charge in [0.1, 0.15) is 0 Å². The van der Waals surface area contributed by atoms with Crippen molar-refractivity contribution >= 4 is 5.97 Å². The average Bonchev–Trinajstić information content (AvgIpc) is 1.65. The number of ether oxygens (including phenoxy) is 1. The van der Waals surface area contributed by atoms with E-state index in [0.29, 0.717) is 0 Å². The fourth-order valence-electron chi connectivity index (χ4n) is 0.101. The molecule has 0 aliphatic rings. The van der Waals surface area contributed by atoms with Crippen molar-refractivity contribution in [2.45, 2.75) is 13.0 Å². The van der Waals surface area contributed by atoms with Gasteiger partial charge in [0.05, 0.1) is 0 Å². The molecule has 0 rings (SSSR count). The molecule has 1 unspecified atom stereocenters. The third-order valence-corrected chi connectivity index (χ3v) is 0.701. The number of hydrogen-bond donors (Lipinski definition) is 1. The minimum absolute atomic E-state index is 0. The second kappa shape index (κ2) is 5.93. The van der Waals surface area contributed by atoms with Gasteiger partial charge in [0.25, 0.3) is 0 Å². The number of carboxylic acids is 1. The molecule has 0 bridgehead atoms. The Morgan fingerprint density at radius 3 is 2.12 bits per heavy atom. The van der Waals surface area contributed by atoms with Gasteiger partial charge in [0, 0.05) is 48.9 Å². The van der Waals surface area contributed by atoms with Crippen LogP contribution in [0.5, 0.6) is 0 Å². The Kier molecular flexibility index (Phi) is 8.59. The van der Waals surface area contributed by atoms with E-state index < -0.39 is 12.1 Å². The maximum absolute atomic E-state index is 9.81. The fraction of sp³-hybridized carbons (Fsp3) is 0.750. The molecule has 0 saturated carbocycles. The van der Waals surface area contributed by atoms with Crippen LogP contribution in [0.3, 0.4) is 0 Å². The van der Waals surface area contributed by atoms with Crippen LogP contribution in [0, 0.1) is 41.7 Å². The van der Waals surface area contributed by atoms with Gasteiger partial charge in [-0.15, -0.1) is 0 Å². The van der Waals surface area contributed by atoms with Crippen LogP contribution < -0.4 is 0 Å². The van der Waals surface area contributed by atoms with Gasteiger partial charge in [0.2, 0.25) is 0 Å². The summed E-state index contributed by atoms with van der Waals surface area (Å²) in [4.78, 5) is 9.81. The molecule has 1 N–H and O–H groups in total. The Balaban J connectivity index is 0. The molecule has 0 aromatic carbocycles. The van der Waals surface area contributed by atoms with Crippen molar-refractivity contribution in [3.63, 3.8) is 0 Å². The number of rotatable bonds is 2. The van der Waals surface area contributed by atoms with Crippen LogP contribution in [0.4, 0.5) is 0 Å². The van der Waals surface area contributed by atoms with Gasteiger partial charge in [-0.05, 0) is 6.92 Å². The van der Waals surface area contributed by atoms with E-state index in [9.17, 15) is 4.79 Å². The van der Waals surface area contributed by atoms with Crippen LogP contribution in [-0.2, 0) is 9.53 Å². The summed E-state index contributed by atoms with van der Waals surface area (Å²) in [7, 11) is 1.36. The number of aliphatic carboxylic acids is 1. The predicted octanol–water partition coefficient (Wildman–Crippen LogP) is 0.106. The summed E-state index contributed by atoms with van der Waals surface area (Å²) in [5, 5.41) is 8.06. The Morgan fingerprint density at radius 2 is 2.12 bits per heavy atom. The molecular formula is C4H8CeO3. The van der Waals surface area contributed by atoms with E-state index in [4.69, 9.17) is 5.11 Å². The SMILES string of the molecule is COC(C)C(=O)O.[Ce]. The van der Waals surface area contributed by atoms with Gasteiger partial charge in [-0.1, -0.05) is 0 Å². The van der Waals surface area contributed by atoms with Gasteiger partial charge in [-0.25, -0.2) is 4.79 Å². The molecule has 46 valence electrons. The Hall–Kier alpha value is 0.807. The first-order valence-electron chi connectivity index (χ1n) is 1.94. The molecular weight excluding hydrogens is 236 g/mol. The molecule has 4 heteroatoms. The quantitative estimate of drug-likeness (QED) is 0.749. The number of methoxy groups -OCH3 is 1. The minimum atomic E-state index is -0.928. The van der Waals surface area contributed by atoms with E-state index >= 15 is 0 Å². The van der Waals surface area contributed by atoms with Crippen molar-refractivity contribution < 1.29 is 56.4 Å². The van der Waals surface area contributed by atoms with E-state index in [1.165, 1.54) is 14.0 Å². The maximum atomic E-state index is 9.81. The second-order valence-corrected chi connectivity index (χ2v) is 1.22. The molecule has 0 aromatic rings. The first-order chi connectivity index (χ1) is 3.18. The monoisotopic (exact) mass is 244 g/mol. The van der Waals surface area contributed by atoms with E-state index in [0.717, 1.165) is 0 Å². The number of carbonyl (C=O) groups is 1. The van der Waals surface area contributed by atoms with Crippen molar-refractivity contribution in [3.05, 3.63) is 0 Å². The van der Waals surface area contributed by atoms with Crippen molar-refractivity contribution in [2.75, 3.05) is 7.11 Å². The minimum Gasteiger partial charge on any atom is -0.479 e. The molecule has 0 spiro atoms. The van der Waals surface area contributed by atoms with E-state index in [2.05, 4.69) is 4.74 Å². The smallest absolute Gasteiger partial charge is 0.332 e. The Bertz CT molecular complexity index is 73.7. The summed E-state index contributed by atoms with van der Waals surface area (Å²) in [6.07, 6.45) is -0.681. The zero-order valence-electron chi connectivity index (χ0n) is 4.84. The van der Waals surface area contributed by atoms with Crippen LogP contribution in [0.25, 0.3) is 0 Å². The summed E-state index contributed by atoms with van der Waals surface area (Å²) in [6.45, 7) is 1.47. The number of hydrogen-bond acceptors (Lipinski definition) is 2. The molecule has 1 atom stereocenters. The van der Waals surface area contributed by atoms with E-state index in [1.807, 2.05) is 0 Å². The van der Waals surface area contributed by atoms with Crippen LogP contribution >= 0.6 is 0 Å². The first-order valence-corrected chi connectivity index (χ1v) is 1.94. The molecule has 3 nitrogen and oxygen atoms in total. The van der Waals surface area contributed by atoms with Crippen LogP contribution in [0.15, 0.2) is 0 Å². The summed E-state index contributed by atoms with van der Waals surface area (Å²) in [6, 6.07) is 0. The fourth-order valence-corrected chi connectivity index (χ4v) is 0.101. The van der Waals surface area contributed by atoms with Gasteiger partial charge in [0.15, 0.2) is 6.10 Å². The molecule has 0 fully saturated rings. The van der Waals surface area contributed by atoms with Gasteiger partial charge in [-0.3, -0.25) is 0 Å². The molecule has 0 aliphatic carbocycles. The average molecular weight is 244 g/mol. The second-order valence-electron chi connectivity index (χ2n) is 1.22. The molecule has 0 amide bonds. The normalized spacial score (nSPS) is 11.8. The van der Waals surface area contributed by atoms with Gasteiger partial charge < -0.3 is 9.84 Å². The maximum Gasteiger partial charge on any atom is 0.332 e. The largest absolute Gasteiger partial charge is 0.479 e. The van der Waals surface area contributed by atoms with Gasteiger partial charge in [-0.2, -0.15) is 0 Å². The third-order valence-electron chi connectivity index (χ3n) is 0.701. The summed E-state index contributed by atoms with van der Waals surface area (Å²) < 4.78 is 4.41. The van der Waals surface area contributed by atoms with E-state index in [-0.39, 0.29) is 41.7 Å². The predicted molar refractivity (Wildman–Crippen MR) is 24.1 cm³/mol. The molecule has 0 aliphatic heterocycles. The zero-order valence-corrected chi connectivity index (χ0v) is 7.98. The number of carboxylic acid groups (broad SMARTS) is 1. The topological polar surface area (TPSA) is 46.5 Å². The van der Waals surface area contributed by atoms with Crippen LogP contribution in [-0.4, -0.2) is 24.3 Å². The molecule has 0 heterocycles. The van der Waals surface area contributed by atoms with Crippen LogP contribution in [0.2, 0.25) is 0 Å².